The van der Waals surface area contributed by atoms with Crippen molar-refractivity contribution in [3.8, 4) is 0 Å². The molecule has 2 aromatic carbocycles. The predicted octanol–water partition coefficient (Wildman–Crippen LogP) is 5.44. The number of urea groups is 1. The van der Waals surface area contributed by atoms with Gasteiger partial charge in [0.25, 0.3) is 0 Å². The summed E-state index contributed by atoms with van der Waals surface area (Å²) < 4.78 is 0. The van der Waals surface area contributed by atoms with Gasteiger partial charge >= 0.3 is 6.03 Å². The SMILES string of the molecule is Cc1ccc(C)c(C(C)NC(=O)Nc2ccc(Sc3ncccn3)cc2C)c1. The van der Waals surface area contributed by atoms with Crippen molar-refractivity contribution in [2.24, 2.45) is 0 Å². The molecular weight excluding hydrogens is 368 g/mol. The fourth-order valence-corrected chi connectivity index (χ4v) is 3.75. The molecular formula is C22H24N4OS. The van der Waals surface area contributed by atoms with Gasteiger partial charge in [-0.1, -0.05) is 23.8 Å². The molecule has 0 saturated carbocycles. The third-order valence-corrected chi connectivity index (χ3v) is 5.33. The molecule has 0 aliphatic rings. The Bertz CT molecular complexity index is 976. The van der Waals surface area contributed by atoms with E-state index in [0.29, 0.717) is 5.16 Å². The summed E-state index contributed by atoms with van der Waals surface area (Å²) in [5.74, 6) is 0. The lowest BCUT2D eigenvalue weighted by atomic mass is 10.0. The lowest BCUT2D eigenvalue weighted by molar-refractivity contribution is 0.249. The average molecular weight is 393 g/mol. The summed E-state index contributed by atoms with van der Waals surface area (Å²) in [4.78, 5) is 21.9. The van der Waals surface area contributed by atoms with E-state index in [-0.39, 0.29) is 12.1 Å². The Morgan fingerprint density at radius 2 is 1.75 bits per heavy atom. The van der Waals surface area contributed by atoms with Crippen LogP contribution >= 0.6 is 11.8 Å². The number of rotatable bonds is 5. The third-order valence-electron chi connectivity index (χ3n) is 4.45. The second-order valence-electron chi connectivity index (χ2n) is 6.79. The van der Waals surface area contributed by atoms with Crippen molar-refractivity contribution in [2.45, 2.75) is 43.8 Å². The van der Waals surface area contributed by atoms with E-state index in [2.05, 4.69) is 52.6 Å². The molecule has 28 heavy (non-hydrogen) atoms. The number of hydrogen-bond donors (Lipinski definition) is 2. The van der Waals surface area contributed by atoms with Gasteiger partial charge in [-0.3, -0.25) is 0 Å². The smallest absolute Gasteiger partial charge is 0.319 e. The van der Waals surface area contributed by atoms with Crippen molar-refractivity contribution < 1.29 is 4.79 Å². The van der Waals surface area contributed by atoms with E-state index < -0.39 is 0 Å². The molecule has 144 valence electrons. The molecule has 3 aromatic rings. The van der Waals surface area contributed by atoms with Crippen molar-refractivity contribution >= 4 is 23.5 Å². The molecule has 1 atom stereocenters. The van der Waals surface area contributed by atoms with Crippen molar-refractivity contribution in [2.75, 3.05) is 5.32 Å². The van der Waals surface area contributed by atoms with E-state index in [0.717, 1.165) is 21.7 Å². The monoisotopic (exact) mass is 392 g/mol. The highest BCUT2D eigenvalue weighted by Gasteiger charge is 2.13. The van der Waals surface area contributed by atoms with Crippen molar-refractivity contribution in [3.63, 3.8) is 0 Å². The quantitative estimate of drug-likeness (QED) is 0.568. The Hall–Kier alpha value is -2.86. The molecule has 0 fully saturated rings. The van der Waals surface area contributed by atoms with E-state index in [1.165, 1.54) is 22.9 Å². The number of carbonyl (C=O) groups is 1. The van der Waals surface area contributed by atoms with Crippen LogP contribution in [0.5, 0.6) is 0 Å². The number of nitrogens with zero attached hydrogens (tertiary/aromatic N) is 2. The third kappa shape index (κ3) is 5.10. The summed E-state index contributed by atoms with van der Waals surface area (Å²) in [6, 6.07) is 13.6. The predicted molar refractivity (Wildman–Crippen MR) is 114 cm³/mol. The maximum Gasteiger partial charge on any atom is 0.319 e. The standard InChI is InChI=1S/C22H24N4OS/c1-14-6-7-15(2)19(12-14)17(4)25-21(27)26-20-9-8-18(13-16(20)3)28-22-23-10-5-11-24-22/h5-13,17H,1-4H3,(H2,25,26,27). The molecule has 2 amide bonds. The molecule has 6 heteroatoms. The van der Waals surface area contributed by atoms with Crippen LogP contribution in [-0.2, 0) is 0 Å². The van der Waals surface area contributed by atoms with E-state index >= 15 is 0 Å². The minimum atomic E-state index is -0.219. The fourth-order valence-electron chi connectivity index (χ4n) is 2.94. The first-order valence-electron chi connectivity index (χ1n) is 9.12. The number of carbonyl (C=O) groups excluding carboxylic acids is 1. The van der Waals surface area contributed by atoms with E-state index in [4.69, 9.17) is 0 Å². The van der Waals surface area contributed by atoms with Gasteiger partial charge in [-0.05, 0) is 80.4 Å². The van der Waals surface area contributed by atoms with Gasteiger partial charge in [0.05, 0.1) is 6.04 Å². The lowest BCUT2D eigenvalue weighted by Crippen LogP contribution is -2.31. The van der Waals surface area contributed by atoms with Gasteiger partial charge in [0.1, 0.15) is 0 Å². The van der Waals surface area contributed by atoms with Gasteiger partial charge in [0, 0.05) is 23.0 Å². The first kappa shape index (κ1) is 19.9. The van der Waals surface area contributed by atoms with Crippen molar-refractivity contribution in [1.29, 1.82) is 0 Å². The molecule has 0 aliphatic carbocycles. The lowest BCUT2D eigenvalue weighted by Gasteiger charge is -2.18. The highest BCUT2D eigenvalue weighted by molar-refractivity contribution is 7.99. The van der Waals surface area contributed by atoms with Gasteiger partial charge < -0.3 is 10.6 Å². The van der Waals surface area contributed by atoms with Crippen LogP contribution in [0.1, 0.15) is 35.2 Å². The average Bonchev–Trinajstić information content (AvgIpc) is 2.66. The largest absolute Gasteiger partial charge is 0.331 e. The summed E-state index contributed by atoms with van der Waals surface area (Å²) in [6.45, 7) is 8.08. The zero-order chi connectivity index (χ0) is 20.1. The molecule has 3 rings (SSSR count). The Balaban J connectivity index is 1.64. The molecule has 2 N–H and O–H groups in total. The molecule has 1 aromatic heterocycles. The molecule has 0 saturated heterocycles. The minimum absolute atomic E-state index is 0.0785. The topological polar surface area (TPSA) is 66.9 Å². The number of amides is 2. The Morgan fingerprint density at radius 3 is 2.46 bits per heavy atom. The number of hydrogen-bond acceptors (Lipinski definition) is 4. The Labute approximate surface area is 170 Å². The number of benzene rings is 2. The van der Waals surface area contributed by atoms with Gasteiger partial charge in [-0.2, -0.15) is 0 Å². The zero-order valence-electron chi connectivity index (χ0n) is 16.5. The summed E-state index contributed by atoms with van der Waals surface area (Å²) in [6.07, 6.45) is 3.44. The van der Waals surface area contributed by atoms with Gasteiger partial charge in [0.2, 0.25) is 0 Å². The van der Waals surface area contributed by atoms with Gasteiger partial charge in [-0.15, -0.1) is 0 Å². The second kappa shape index (κ2) is 8.89. The Morgan fingerprint density at radius 1 is 1.00 bits per heavy atom. The molecule has 1 unspecified atom stereocenters. The minimum Gasteiger partial charge on any atom is -0.331 e. The molecule has 0 radical (unpaired) electrons. The number of anilines is 1. The van der Waals surface area contributed by atoms with E-state index in [1.807, 2.05) is 32.0 Å². The van der Waals surface area contributed by atoms with Crippen LogP contribution in [0.25, 0.3) is 0 Å². The first-order valence-corrected chi connectivity index (χ1v) is 9.94. The van der Waals surface area contributed by atoms with Crippen LogP contribution in [0.4, 0.5) is 10.5 Å². The maximum atomic E-state index is 12.5. The van der Waals surface area contributed by atoms with Crippen LogP contribution in [0.2, 0.25) is 0 Å². The summed E-state index contributed by atoms with van der Waals surface area (Å²) in [7, 11) is 0. The van der Waals surface area contributed by atoms with Crippen LogP contribution in [-0.4, -0.2) is 16.0 Å². The highest BCUT2D eigenvalue weighted by Crippen LogP contribution is 2.28. The molecule has 0 aliphatic heterocycles. The van der Waals surface area contributed by atoms with Gasteiger partial charge in [0.15, 0.2) is 5.16 Å². The first-order chi connectivity index (χ1) is 13.4. The molecule has 5 nitrogen and oxygen atoms in total. The summed E-state index contributed by atoms with van der Waals surface area (Å²) >= 11 is 1.49. The molecule has 1 heterocycles. The van der Waals surface area contributed by atoms with Crippen LogP contribution < -0.4 is 10.6 Å². The summed E-state index contributed by atoms with van der Waals surface area (Å²) in [5.41, 5.74) is 5.24. The maximum absolute atomic E-state index is 12.5. The van der Waals surface area contributed by atoms with Crippen LogP contribution in [0, 0.1) is 20.8 Å². The van der Waals surface area contributed by atoms with Crippen LogP contribution in [0.3, 0.4) is 0 Å². The highest BCUT2D eigenvalue weighted by atomic mass is 32.2. The van der Waals surface area contributed by atoms with Crippen molar-refractivity contribution in [1.82, 2.24) is 15.3 Å². The molecule has 0 bridgehead atoms. The van der Waals surface area contributed by atoms with Crippen molar-refractivity contribution in [3.05, 3.63) is 77.1 Å². The summed E-state index contributed by atoms with van der Waals surface area (Å²) in [5, 5.41) is 6.66. The van der Waals surface area contributed by atoms with Crippen LogP contribution in [0.15, 0.2) is 64.9 Å². The number of aromatic nitrogens is 2. The Kier molecular flexibility index (Phi) is 6.31. The number of aryl methyl sites for hydroxylation is 3. The fraction of sp³-hybridized carbons (Fsp3) is 0.227. The van der Waals surface area contributed by atoms with E-state index in [1.54, 1.807) is 18.5 Å². The van der Waals surface area contributed by atoms with Gasteiger partial charge in [-0.25, -0.2) is 14.8 Å². The zero-order valence-corrected chi connectivity index (χ0v) is 17.3. The second-order valence-corrected chi connectivity index (χ2v) is 7.83. The number of nitrogens with one attached hydrogen (secondary N) is 2. The normalized spacial score (nSPS) is 11.7. The van der Waals surface area contributed by atoms with E-state index in [9.17, 15) is 4.79 Å². The molecule has 0 spiro atoms.